The Hall–Kier alpha value is -3.72. The molecule has 5 rings (SSSR count). The molecule has 9 heteroatoms. The molecule has 1 aliphatic rings. The van der Waals surface area contributed by atoms with Gasteiger partial charge in [-0.2, -0.15) is 0 Å². The van der Waals surface area contributed by atoms with E-state index in [0.29, 0.717) is 10.7 Å². The molecular formula is C25H25N5O3S. The number of hydrogen-bond donors (Lipinski definition) is 1. The molecule has 0 atom stereocenters. The van der Waals surface area contributed by atoms with Gasteiger partial charge in [0.1, 0.15) is 28.7 Å². The number of nitro benzene ring substituents is 1. The van der Waals surface area contributed by atoms with Crippen molar-refractivity contribution in [3.63, 3.8) is 0 Å². The molecule has 0 fully saturated rings. The van der Waals surface area contributed by atoms with E-state index in [4.69, 9.17) is 22.1 Å². The third kappa shape index (κ3) is 3.92. The molecule has 0 spiro atoms. The quantitative estimate of drug-likeness (QED) is 0.232. The van der Waals surface area contributed by atoms with Gasteiger partial charge in [-0.3, -0.25) is 10.1 Å². The number of benzene rings is 2. The van der Waals surface area contributed by atoms with Crippen LogP contribution >= 0.6 is 12.2 Å². The Labute approximate surface area is 202 Å². The van der Waals surface area contributed by atoms with Crippen LogP contribution in [0.15, 0.2) is 54.6 Å². The third-order valence-electron chi connectivity index (χ3n) is 6.09. The van der Waals surface area contributed by atoms with Gasteiger partial charge in [0.2, 0.25) is 0 Å². The number of ether oxygens (including phenoxy) is 1. The first-order valence-corrected chi connectivity index (χ1v) is 11.8. The fourth-order valence-corrected chi connectivity index (χ4v) is 4.93. The highest BCUT2D eigenvalue weighted by molar-refractivity contribution is 7.80. The highest BCUT2D eigenvalue weighted by Gasteiger charge is 2.28. The number of aromatic nitrogens is 3. The van der Waals surface area contributed by atoms with E-state index >= 15 is 0 Å². The Bertz CT molecular complexity index is 1360. The maximum atomic E-state index is 10.9. The van der Waals surface area contributed by atoms with Crippen molar-refractivity contribution in [1.29, 1.82) is 0 Å². The standard InChI is InChI=1S/C25H25N5O3S/c1-2-26-24(34)23-22(17-8-4-3-5-9-17)20-10-6-7-15-28-21(27-29(23)25(20)28)16-33-19-13-11-18(12-14-19)30(31)32/h3-5,8-9,11-14H,2,6-7,10,15-16H2,1H3,(H,26,34). The predicted octanol–water partition coefficient (Wildman–Crippen LogP) is 4.91. The van der Waals surface area contributed by atoms with Gasteiger partial charge in [-0.15, -0.1) is 5.10 Å². The van der Waals surface area contributed by atoms with Crippen LogP contribution in [0.25, 0.3) is 16.8 Å². The van der Waals surface area contributed by atoms with Crippen LogP contribution in [0, 0.1) is 10.1 Å². The van der Waals surface area contributed by atoms with E-state index in [1.165, 1.54) is 17.7 Å². The van der Waals surface area contributed by atoms with Crippen LogP contribution in [0.1, 0.15) is 36.8 Å². The monoisotopic (exact) mass is 475 g/mol. The third-order valence-corrected chi connectivity index (χ3v) is 6.43. The average Bonchev–Trinajstić information content (AvgIpc) is 3.25. The van der Waals surface area contributed by atoms with Gasteiger partial charge in [-0.05, 0) is 43.9 Å². The van der Waals surface area contributed by atoms with E-state index in [1.807, 2.05) is 29.6 Å². The van der Waals surface area contributed by atoms with Crippen LogP contribution in [0.3, 0.4) is 0 Å². The molecule has 174 valence electrons. The van der Waals surface area contributed by atoms with Gasteiger partial charge in [0.05, 0.1) is 4.92 Å². The van der Waals surface area contributed by atoms with Gasteiger partial charge in [-0.1, -0.05) is 42.5 Å². The second-order valence-corrected chi connectivity index (χ2v) is 8.64. The number of nitrogens with one attached hydrogen (secondary N) is 1. The van der Waals surface area contributed by atoms with Crippen LogP contribution in [0.5, 0.6) is 5.75 Å². The van der Waals surface area contributed by atoms with Crippen LogP contribution in [0.4, 0.5) is 5.69 Å². The highest BCUT2D eigenvalue weighted by atomic mass is 32.1. The summed E-state index contributed by atoms with van der Waals surface area (Å²) in [5, 5.41) is 19.2. The SMILES string of the molecule is CCNC(=S)c1c(-c2ccccc2)c2c3n(c(COc4ccc([N+](=O)[O-])cc4)nn13)CCCC2. The molecule has 4 aromatic rings. The molecular weight excluding hydrogens is 450 g/mol. The number of hydrogen-bond acceptors (Lipinski definition) is 5. The molecule has 0 saturated heterocycles. The fraction of sp³-hybridized carbons (Fsp3) is 0.280. The van der Waals surface area contributed by atoms with E-state index in [9.17, 15) is 10.1 Å². The lowest BCUT2D eigenvalue weighted by Crippen LogP contribution is -2.24. The molecule has 8 nitrogen and oxygen atoms in total. The summed E-state index contributed by atoms with van der Waals surface area (Å²) in [6.45, 7) is 3.87. The summed E-state index contributed by atoms with van der Waals surface area (Å²) in [5.74, 6) is 1.37. The van der Waals surface area contributed by atoms with E-state index < -0.39 is 4.92 Å². The second kappa shape index (κ2) is 9.26. The van der Waals surface area contributed by atoms with Crippen LogP contribution in [-0.4, -0.2) is 30.6 Å². The van der Waals surface area contributed by atoms with Crippen molar-refractivity contribution in [2.24, 2.45) is 0 Å². The zero-order valence-electron chi connectivity index (χ0n) is 18.9. The van der Waals surface area contributed by atoms with Gasteiger partial charge >= 0.3 is 0 Å². The minimum Gasteiger partial charge on any atom is -0.486 e. The number of nitrogens with zero attached hydrogens (tertiary/aromatic N) is 4. The van der Waals surface area contributed by atoms with Gasteiger partial charge in [0, 0.05) is 36.3 Å². The Balaban J connectivity index is 1.59. The van der Waals surface area contributed by atoms with Crippen LogP contribution < -0.4 is 10.1 Å². The lowest BCUT2D eigenvalue weighted by molar-refractivity contribution is -0.384. The van der Waals surface area contributed by atoms with Crippen molar-refractivity contribution in [3.05, 3.63) is 81.8 Å². The number of aryl methyl sites for hydroxylation is 2. The maximum Gasteiger partial charge on any atom is 0.269 e. The zero-order valence-corrected chi connectivity index (χ0v) is 19.7. The number of rotatable bonds is 7. The summed E-state index contributed by atoms with van der Waals surface area (Å²) in [7, 11) is 0. The summed E-state index contributed by atoms with van der Waals surface area (Å²) >= 11 is 5.81. The minimum absolute atomic E-state index is 0.0358. The van der Waals surface area contributed by atoms with Crippen molar-refractivity contribution >= 4 is 28.5 Å². The summed E-state index contributed by atoms with van der Waals surface area (Å²) in [5.41, 5.74) is 5.55. The van der Waals surface area contributed by atoms with Gasteiger partial charge in [-0.25, -0.2) is 4.52 Å². The zero-order chi connectivity index (χ0) is 23.7. The van der Waals surface area contributed by atoms with Crippen LogP contribution in [-0.2, 0) is 19.6 Å². The number of nitro groups is 1. The molecule has 1 N–H and O–H groups in total. The lowest BCUT2D eigenvalue weighted by Gasteiger charge is -2.10. The molecule has 2 aromatic heterocycles. The fourth-order valence-electron chi connectivity index (χ4n) is 4.59. The minimum atomic E-state index is -0.421. The number of non-ortho nitro benzene ring substituents is 1. The smallest absolute Gasteiger partial charge is 0.269 e. The summed E-state index contributed by atoms with van der Waals surface area (Å²) < 4.78 is 10.2. The van der Waals surface area contributed by atoms with Gasteiger partial charge in [0.25, 0.3) is 5.69 Å². The van der Waals surface area contributed by atoms with Crippen molar-refractivity contribution < 1.29 is 9.66 Å². The Kier molecular flexibility index (Phi) is 6.02. The topological polar surface area (TPSA) is 86.6 Å². The molecule has 0 amide bonds. The predicted molar refractivity (Wildman–Crippen MR) is 134 cm³/mol. The lowest BCUT2D eigenvalue weighted by atomic mass is 9.98. The molecule has 2 aromatic carbocycles. The van der Waals surface area contributed by atoms with Crippen molar-refractivity contribution in [2.75, 3.05) is 6.54 Å². The Morgan fingerprint density at radius 1 is 1.18 bits per heavy atom. The Morgan fingerprint density at radius 2 is 1.94 bits per heavy atom. The Morgan fingerprint density at radius 3 is 2.65 bits per heavy atom. The van der Waals surface area contributed by atoms with E-state index in [0.717, 1.165) is 60.6 Å². The molecule has 3 heterocycles. The maximum absolute atomic E-state index is 10.9. The molecule has 0 bridgehead atoms. The van der Waals surface area contributed by atoms with Crippen LogP contribution in [0.2, 0.25) is 0 Å². The average molecular weight is 476 g/mol. The first kappa shape index (κ1) is 22.1. The molecule has 0 unspecified atom stereocenters. The van der Waals surface area contributed by atoms with Crippen molar-refractivity contribution in [2.45, 2.75) is 39.3 Å². The molecule has 1 aliphatic heterocycles. The normalized spacial score (nSPS) is 13.0. The highest BCUT2D eigenvalue weighted by Crippen LogP contribution is 2.37. The van der Waals surface area contributed by atoms with Gasteiger partial charge < -0.3 is 14.6 Å². The molecule has 34 heavy (non-hydrogen) atoms. The molecule has 0 aliphatic carbocycles. The summed E-state index contributed by atoms with van der Waals surface area (Å²) in [6.07, 6.45) is 3.08. The first-order chi connectivity index (χ1) is 16.6. The molecule has 0 saturated carbocycles. The van der Waals surface area contributed by atoms with E-state index in [1.54, 1.807) is 12.1 Å². The summed E-state index contributed by atoms with van der Waals surface area (Å²) in [6, 6.07) is 16.5. The summed E-state index contributed by atoms with van der Waals surface area (Å²) in [4.78, 5) is 11.2. The van der Waals surface area contributed by atoms with E-state index in [-0.39, 0.29) is 12.3 Å². The van der Waals surface area contributed by atoms with Crippen molar-refractivity contribution in [3.8, 4) is 16.9 Å². The second-order valence-electron chi connectivity index (χ2n) is 8.23. The largest absolute Gasteiger partial charge is 0.486 e. The first-order valence-electron chi connectivity index (χ1n) is 11.4. The van der Waals surface area contributed by atoms with E-state index in [2.05, 4.69) is 22.0 Å². The van der Waals surface area contributed by atoms with Crippen molar-refractivity contribution in [1.82, 2.24) is 19.5 Å². The number of thiocarbonyl (C=S) groups is 1. The molecule has 0 radical (unpaired) electrons. The van der Waals surface area contributed by atoms with Gasteiger partial charge in [0.15, 0.2) is 5.82 Å².